The quantitative estimate of drug-likeness (QED) is 0.662. The summed E-state index contributed by atoms with van der Waals surface area (Å²) in [6.45, 7) is 7.57. The van der Waals surface area contributed by atoms with Crippen LogP contribution in [0.4, 0.5) is 17.1 Å². The Hall–Kier alpha value is -2.93. The summed E-state index contributed by atoms with van der Waals surface area (Å²) in [6, 6.07) is 10.5. The van der Waals surface area contributed by atoms with Crippen LogP contribution in [0.1, 0.15) is 21.5 Å². The van der Waals surface area contributed by atoms with E-state index in [0.717, 1.165) is 37.4 Å². The van der Waals surface area contributed by atoms with Crippen LogP contribution in [0.25, 0.3) is 0 Å². The fraction of sp³-hybridized carbons (Fsp3) is 0.350. The molecule has 0 aliphatic carbocycles. The van der Waals surface area contributed by atoms with Crippen LogP contribution in [0.3, 0.4) is 0 Å². The van der Waals surface area contributed by atoms with Crippen LogP contribution < -0.4 is 10.2 Å². The van der Waals surface area contributed by atoms with E-state index in [0.29, 0.717) is 16.8 Å². The number of anilines is 2. The van der Waals surface area contributed by atoms with Crippen molar-refractivity contribution in [3.8, 4) is 0 Å². The third kappa shape index (κ3) is 4.09. The number of nitro groups is 1. The van der Waals surface area contributed by atoms with E-state index in [9.17, 15) is 14.9 Å². The fourth-order valence-electron chi connectivity index (χ4n) is 3.31. The number of rotatable bonds is 4. The molecule has 0 unspecified atom stereocenters. The van der Waals surface area contributed by atoms with Crippen LogP contribution in [0, 0.1) is 24.0 Å². The summed E-state index contributed by atoms with van der Waals surface area (Å²) in [5.41, 5.74) is 3.44. The van der Waals surface area contributed by atoms with Gasteiger partial charge in [0.25, 0.3) is 11.6 Å². The molecule has 7 heteroatoms. The zero-order valence-electron chi connectivity index (χ0n) is 15.9. The molecule has 0 bridgehead atoms. The highest BCUT2D eigenvalue weighted by Gasteiger charge is 2.19. The molecule has 0 radical (unpaired) electrons. The summed E-state index contributed by atoms with van der Waals surface area (Å²) in [7, 11) is 2.12. The van der Waals surface area contributed by atoms with Crippen molar-refractivity contribution in [1.82, 2.24) is 4.90 Å². The van der Waals surface area contributed by atoms with E-state index in [2.05, 4.69) is 28.2 Å². The van der Waals surface area contributed by atoms with Gasteiger partial charge in [-0.1, -0.05) is 6.07 Å². The summed E-state index contributed by atoms with van der Waals surface area (Å²) in [5, 5.41) is 14.0. The van der Waals surface area contributed by atoms with Crippen molar-refractivity contribution in [3.05, 3.63) is 63.2 Å². The molecule has 7 nitrogen and oxygen atoms in total. The normalized spacial score (nSPS) is 14.9. The predicted molar refractivity (Wildman–Crippen MR) is 107 cm³/mol. The van der Waals surface area contributed by atoms with Gasteiger partial charge in [-0.3, -0.25) is 14.9 Å². The first-order valence-electron chi connectivity index (χ1n) is 8.96. The summed E-state index contributed by atoms with van der Waals surface area (Å²) < 4.78 is 0. The van der Waals surface area contributed by atoms with Crippen molar-refractivity contribution >= 4 is 23.0 Å². The van der Waals surface area contributed by atoms with Gasteiger partial charge in [0.15, 0.2) is 0 Å². The molecule has 0 saturated carbocycles. The van der Waals surface area contributed by atoms with Gasteiger partial charge in [-0.25, -0.2) is 0 Å². The largest absolute Gasteiger partial charge is 0.369 e. The molecule has 3 rings (SSSR count). The molecule has 1 fully saturated rings. The van der Waals surface area contributed by atoms with Crippen molar-refractivity contribution in [2.75, 3.05) is 43.4 Å². The number of amides is 1. The number of hydrogen-bond acceptors (Lipinski definition) is 5. The van der Waals surface area contributed by atoms with Crippen LogP contribution in [-0.2, 0) is 0 Å². The Balaban J connectivity index is 1.77. The maximum Gasteiger partial charge on any atom is 0.273 e. The molecule has 1 N–H and O–H groups in total. The maximum atomic E-state index is 12.6. The second-order valence-electron chi connectivity index (χ2n) is 6.95. The van der Waals surface area contributed by atoms with Gasteiger partial charge < -0.3 is 15.1 Å². The second-order valence-corrected chi connectivity index (χ2v) is 6.95. The molecular formula is C20H24N4O3. The first kappa shape index (κ1) is 18.8. The fourth-order valence-corrected chi connectivity index (χ4v) is 3.31. The topological polar surface area (TPSA) is 78.7 Å². The van der Waals surface area contributed by atoms with Gasteiger partial charge in [0.1, 0.15) is 0 Å². The van der Waals surface area contributed by atoms with Crippen molar-refractivity contribution < 1.29 is 9.72 Å². The van der Waals surface area contributed by atoms with Crippen molar-refractivity contribution in [1.29, 1.82) is 0 Å². The smallest absolute Gasteiger partial charge is 0.273 e. The first-order chi connectivity index (χ1) is 12.9. The van der Waals surface area contributed by atoms with E-state index in [1.54, 1.807) is 13.0 Å². The molecule has 2 aromatic rings. The molecular weight excluding hydrogens is 344 g/mol. The monoisotopic (exact) mass is 368 g/mol. The van der Waals surface area contributed by atoms with E-state index >= 15 is 0 Å². The van der Waals surface area contributed by atoms with Crippen LogP contribution in [0.15, 0.2) is 36.4 Å². The van der Waals surface area contributed by atoms with E-state index < -0.39 is 4.92 Å². The minimum absolute atomic E-state index is 0.0511. The molecule has 27 heavy (non-hydrogen) atoms. The average molecular weight is 368 g/mol. The van der Waals surface area contributed by atoms with Gasteiger partial charge in [-0.15, -0.1) is 0 Å². The maximum absolute atomic E-state index is 12.6. The van der Waals surface area contributed by atoms with Gasteiger partial charge in [-0.2, -0.15) is 0 Å². The number of nitrogens with one attached hydrogen (secondary N) is 1. The Morgan fingerprint density at radius 1 is 1.11 bits per heavy atom. The number of piperazine rings is 1. The number of nitrogens with zero attached hydrogens (tertiary/aromatic N) is 3. The summed E-state index contributed by atoms with van der Waals surface area (Å²) in [6.07, 6.45) is 0. The Kier molecular flexibility index (Phi) is 5.41. The van der Waals surface area contributed by atoms with Crippen LogP contribution in [0.5, 0.6) is 0 Å². The lowest BCUT2D eigenvalue weighted by Gasteiger charge is -2.34. The minimum atomic E-state index is -0.470. The lowest BCUT2D eigenvalue weighted by atomic mass is 10.1. The highest BCUT2D eigenvalue weighted by Crippen LogP contribution is 2.26. The van der Waals surface area contributed by atoms with E-state index in [1.165, 1.54) is 12.1 Å². The van der Waals surface area contributed by atoms with Crippen molar-refractivity contribution in [2.24, 2.45) is 0 Å². The van der Waals surface area contributed by atoms with Crippen molar-refractivity contribution in [2.45, 2.75) is 13.8 Å². The van der Waals surface area contributed by atoms with Crippen molar-refractivity contribution in [3.63, 3.8) is 0 Å². The zero-order chi connectivity index (χ0) is 19.6. The standard InChI is InChI=1S/C20H24N4O3/c1-14-13-16(23-11-9-22(3)10-12-23)7-8-18(14)21-20(25)17-5-4-6-19(15(17)2)24(26)27/h4-8,13H,9-12H2,1-3H3,(H,21,25). The lowest BCUT2D eigenvalue weighted by molar-refractivity contribution is -0.385. The summed E-state index contributed by atoms with van der Waals surface area (Å²) in [5.74, 6) is -0.341. The first-order valence-corrected chi connectivity index (χ1v) is 8.96. The molecule has 0 aromatic heterocycles. The van der Waals surface area contributed by atoms with Gasteiger partial charge in [0.05, 0.1) is 4.92 Å². The van der Waals surface area contributed by atoms with Gasteiger partial charge in [0.2, 0.25) is 0 Å². The summed E-state index contributed by atoms with van der Waals surface area (Å²) >= 11 is 0. The Morgan fingerprint density at radius 3 is 2.44 bits per heavy atom. The van der Waals surface area contributed by atoms with E-state index in [4.69, 9.17) is 0 Å². The minimum Gasteiger partial charge on any atom is -0.369 e. The second kappa shape index (κ2) is 7.75. The molecule has 1 heterocycles. The molecule has 1 saturated heterocycles. The molecule has 142 valence electrons. The molecule has 0 spiro atoms. The van der Waals surface area contributed by atoms with E-state index in [-0.39, 0.29) is 11.6 Å². The Bertz CT molecular complexity index is 874. The van der Waals surface area contributed by atoms with Crippen LogP contribution >= 0.6 is 0 Å². The molecule has 2 aromatic carbocycles. The molecule has 1 aliphatic heterocycles. The molecule has 0 atom stereocenters. The highest BCUT2D eigenvalue weighted by molar-refractivity contribution is 6.06. The molecule has 1 aliphatic rings. The van der Waals surface area contributed by atoms with Gasteiger partial charge in [-0.05, 0) is 50.7 Å². The van der Waals surface area contributed by atoms with Crippen LogP contribution in [0.2, 0.25) is 0 Å². The van der Waals surface area contributed by atoms with E-state index in [1.807, 2.05) is 19.1 Å². The predicted octanol–water partition coefficient (Wildman–Crippen LogP) is 3.22. The number of aryl methyl sites for hydroxylation is 1. The average Bonchev–Trinajstić information content (AvgIpc) is 2.64. The van der Waals surface area contributed by atoms with Crippen LogP contribution in [-0.4, -0.2) is 49.0 Å². The SMILES string of the molecule is Cc1cc(N2CCN(C)CC2)ccc1NC(=O)c1cccc([N+](=O)[O-])c1C. The Labute approximate surface area is 158 Å². The summed E-state index contributed by atoms with van der Waals surface area (Å²) in [4.78, 5) is 27.9. The Morgan fingerprint density at radius 2 is 1.81 bits per heavy atom. The van der Waals surface area contributed by atoms with Gasteiger partial charge >= 0.3 is 0 Å². The van der Waals surface area contributed by atoms with Gasteiger partial charge in [0, 0.05) is 54.7 Å². The molecule has 1 amide bonds. The number of nitro benzene ring substituents is 1. The number of likely N-dealkylation sites (N-methyl/N-ethyl adjacent to an activating group) is 1. The lowest BCUT2D eigenvalue weighted by Crippen LogP contribution is -2.44. The number of carbonyl (C=O) groups excluding carboxylic acids is 1. The third-order valence-electron chi connectivity index (χ3n) is 5.07. The number of benzene rings is 2. The number of hydrogen-bond donors (Lipinski definition) is 1. The zero-order valence-corrected chi connectivity index (χ0v) is 15.9. The number of carbonyl (C=O) groups is 1. The third-order valence-corrected chi connectivity index (χ3v) is 5.07. The highest BCUT2D eigenvalue weighted by atomic mass is 16.6.